The molecule has 1 N–H and O–H groups in total. The van der Waals surface area contributed by atoms with Gasteiger partial charge in [0.2, 0.25) is 0 Å². The molecule has 0 aliphatic carbocycles. The van der Waals surface area contributed by atoms with Crippen LogP contribution in [0.2, 0.25) is 5.02 Å². The van der Waals surface area contributed by atoms with Crippen LogP contribution < -0.4 is 0 Å². The maximum Gasteiger partial charge on any atom is 0.268 e. The first-order valence-corrected chi connectivity index (χ1v) is 8.53. The van der Waals surface area contributed by atoms with Gasteiger partial charge in [-0.15, -0.1) is 5.10 Å². The molecule has 4 rings (SSSR count). The highest BCUT2D eigenvalue weighted by Crippen LogP contribution is 2.33. The summed E-state index contributed by atoms with van der Waals surface area (Å²) in [7, 11) is 0. The van der Waals surface area contributed by atoms with E-state index in [1.807, 2.05) is 30.0 Å². The maximum absolute atomic E-state index is 12.8. The lowest BCUT2D eigenvalue weighted by atomic mass is 10.2. The SMILES string of the molecule is Cc1nnsc1C(=O)N1CCCC1c1nc2ccc(Cl)cc2[nH]1. The molecule has 0 spiro atoms. The fourth-order valence-electron chi connectivity index (χ4n) is 3.01. The summed E-state index contributed by atoms with van der Waals surface area (Å²) in [6, 6.07) is 5.51. The molecule has 118 valence electrons. The van der Waals surface area contributed by atoms with Crippen molar-refractivity contribution in [2.75, 3.05) is 6.54 Å². The third-order valence-electron chi connectivity index (χ3n) is 4.14. The van der Waals surface area contributed by atoms with Gasteiger partial charge in [-0.2, -0.15) is 0 Å². The minimum absolute atomic E-state index is 0.0153. The second-order valence-corrected chi connectivity index (χ2v) is 6.82. The summed E-state index contributed by atoms with van der Waals surface area (Å²) in [6.45, 7) is 2.53. The highest BCUT2D eigenvalue weighted by Gasteiger charge is 2.34. The number of nitrogens with zero attached hydrogens (tertiary/aromatic N) is 4. The molecule has 1 aromatic carbocycles. The number of hydrogen-bond acceptors (Lipinski definition) is 5. The molecule has 3 heterocycles. The fourth-order valence-corrected chi connectivity index (χ4v) is 3.80. The summed E-state index contributed by atoms with van der Waals surface area (Å²) < 4.78 is 3.86. The van der Waals surface area contributed by atoms with E-state index in [-0.39, 0.29) is 11.9 Å². The number of rotatable bonds is 2. The number of halogens is 1. The zero-order chi connectivity index (χ0) is 16.0. The van der Waals surface area contributed by atoms with E-state index >= 15 is 0 Å². The Morgan fingerprint density at radius 1 is 1.48 bits per heavy atom. The van der Waals surface area contributed by atoms with Crippen LogP contribution in [0.15, 0.2) is 18.2 Å². The number of carbonyl (C=O) groups is 1. The first-order chi connectivity index (χ1) is 11.1. The summed E-state index contributed by atoms with van der Waals surface area (Å²) in [5, 5.41) is 4.60. The Balaban J connectivity index is 1.69. The van der Waals surface area contributed by atoms with Gasteiger partial charge in [-0.25, -0.2) is 4.98 Å². The molecule has 1 saturated heterocycles. The monoisotopic (exact) mass is 347 g/mol. The number of nitrogens with one attached hydrogen (secondary N) is 1. The third kappa shape index (κ3) is 2.49. The molecule has 0 radical (unpaired) electrons. The van der Waals surface area contributed by atoms with E-state index in [1.165, 1.54) is 0 Å². The van der Waals surface area contributed by atoms with E-state index in [2.05, 4.69) is 19.6 Å². The van der Waals surface area contributed by atoms with Gasteiger partial charge in [0.05, 0.1) is 22.8 Å². The molecular weight excluding hydrogens is 334 g/mol. The number of fused-ring (bicyclic) bond motifs is 1. The Hall–Kier alpha value is -1.99. The number of hydrogen-bond donors (Lipinski definition) is 1. The number of aromatic nitrogens is 4. The van der Waals surface area contributed by atoms with E-state index in [0.29, 0.717) is 15.6 Å². The first-order valence-electron chi connectivity index (χ1n) is 7.38. The van der Waals surface area contributed by atoms with Crippen molar-refractivity contribution < 1.29 is 4.79 Å². The molecule has 1 amide bonds. The molecule has 1 aliphatic heterocycles. The van der Waals surface area contributed by atoms with Crippen molar-refractivity contribution in [1.29, 1.82) is 0 Å². The van der Waals surface area contributed by atoms with Gasteiger partial charge in [0.15, 0.2) is 0 Å². The van der Waals surface area contributed by atoms with Gasteiger partial charge in [-0.3, -0.25) is 4.79 Å². The third-order valence-corrected chi connectivity index (χ3v) is 5.19. The van der Waals surface area contributed by atoms with Crippen molar-refractivity contribution in [2.45, 2.75) is 25.8 Å². The van der Waals surface area contributed by atoms with Crippen molar-refractivity contribution in [1.82, 2.24) is 24.5 Å². The largest absolute Gasteiger partial charge is 0.340 e. The van der Waals surface area contributed by atoms with Crippen LogP contribution in [0, 0.1) is 6.92 Å². The first kappa shape index (κ1) is 14.6. The molecule has 1 fully saturated rings. The van der Waals surface area contributed by atoms with Crippen molar-refractivity contribution >= 4 is 40.1 Å². The van der Waals surface area contributed by atoms with Gasteiger partial charge in [0.25, 0.3) is 5.91 Å². The number of amides is 1. The lowest BCUT2D eigenvalue weighted by molar-refractivity contribution is 0.0734. The summed E-state index contributed by atoms with van der Waals surface area (Å²) in [5.41, 5.74) is 2.43. The number of H-pyrrole nitrogens is 1. The molecule has 0 saturated carbocycles. The molecule has 1 aliphatic rings. The summed E-state index contributed by atoms with van der Waals surface area (Å²) in [6.07, 6.45) is 1.85. The van der Waals surface area contributed by atoms with Crippen LogP contribution in [0.4, 0.5) is 0 Å². The normalized spacial score (nSPS) is 18.0. The zero-order valence-electron chi connectivity index (χ0n) is 12.4. The van der Waals surface area contributed by atoms with E-state index in [4.69, 9.17) is 11.6 Å². The number of carbonyl (C=O) groups excluding carboxylic acids is 1. The van der Waals surface area contributed by atoms with Crippen LogP contribution in [-0.2, 0) is 0 Å². The zero-order valence-corrected chi connectivity index (χ0v) is 14.0. The van der Waals surface area contributed by atoms with Gasteiger partial charge in [0.1, 0.15) is 10.7 Å². The highest BCUT2D eigenvalue weighted by atomic mass is 35.5. The lowest BCUT2D eigenvalue weighted by Gasteiger charge is -2.22. The van der Waals surface area contributed by atoms with Crippen molar-refractivity contribution in [3.8, 4) is 0 Å². The van der Waals surface area contributed by atoms with Crippen LogP contribution in [0.1, 0.15) is 40.1 Å². The van der Waals surface area contributed by atoms with E-state index in [1.54, 1.807) is 0 Å². The molecule has 23 heavy (non-hydrogen) atoms. The maximum atomic E-state index is 12.8. The minimum Gasteiger partial charge on any atom is -0.340 e. The van der Waals surface area contributed by atoms with Crippen molar-refractivity contribution in [3.63, 3.8) is 0 Å². The second-order valence-electron chi connectivity index (χ2n) is 5.63. The van der Waals surface area contributed by atoms with Gasteiger partial charge in [-0.05, 0) is 49.5 Å². The van der Waals surface area contributed by atoms with E-state index in [9.17, 15) is 4.79 Å². The van der Waals surface area contributed by atoms with Crippen molar-refractivity contribution in [2.24, 2.45) is 0 Å². The van der Waals surface area contributed by atoms with Crippen LogP contribution in [0.3, 0.4) is 0 Å². The van der Waals surface area contributed by atoms with Gasteiger partial charge in [-0.1, -0.05) is 16.1 Å². The summed E-state index contributed by atoms with van der Waals surface area (Å²) in [4.78, 5) is 23.2. The fraction of sp³-hybridized carbons (Fsp3) is 0.333. The predicted octanol–water partition coefficient (Wildman–Crippen LogP) is 3.35. The number of aromatic amines is 1. The smallest absolute Gasteiger partial charge is 0.268 e. The second kappa shape index (κ2) is 5.58. The number of imidazole rings is 1. The molecular formula is C15H14ClN5OS. The lowest BCUT2D eigenvalue weighted by Crippen LogP contribution is -2.31. The van der Waals surface area contributed by atoms with Gasteiger partial charge in [0, 0.05) is 11.6 Å². The quantitative estimate of drug-likeness (QED) is 0.771. The molecule has 6 nitrogen and oxygen atoms in total. The van der Waals surface area contributed by atoms with Crippen molar-refractivity contribution in [3.05, 3.63) is 39.6 Å². The summed E-state index contributed by atoms with van der Waals surface area (Å²) in [5.74, 6) is 0.793. The standard InChI is InChI=1S/C15H14ClN5OS/c1-8-13(23-20-19-8)15(22)21-6-2-3-12(21)14-17-10-5-4-9(16)7-11(10)18-14/h4-5,7,12H,2-3,6H2,1H3,(H,17,18). The summed E-state index contributed by atoms with van der Waals surface area (Å²) >= 11 is 7.18. The number of likely N-dealkylation sites (tertiary alicyclic amines) is 1. The number of aryl methyl sites for hydroxylation is 1. The van der Waals surface area contributed by atoms with Crippen LogP contribution in [0.25, 0.3) is 11.0 Å². The Labute approximate surface area is 141 Å². The van der Waals surface area contributed by atoms with Crippen LogP contribution in [-0.4, -0.2) is 36.9 Å². The predicted molar refractivity (Wildman–Crippen MR) is 88.8 cm³/mol. The number of benzene rings is 1. The van der Waals surface area contributed by atoms with E-state index < -0.39 is 0 Å². The van der Waals surface area contributed by atoms with Crippen LogP contribution in [0.5, 0.6) is 0 Å². The Morgan fingerprint density at radius 3 is 3.13 bits per heavy atom. The Morgan fingerprint density at radius 2 is 2.35 bits per heavy atom. The van der Waals surface area contributed by atoms with E-state index in [0.717, 1.165) is 47.8 Å². The molecule has 3 aromatic rings. The Bertz CT molecular complexity index is 889. The highest BCUT2D eigenvalue weighted by molar-refractivity contribution is 7.07. The molecule has 8 heteroatoms. The van der Waals surface area contributed by atoms with Crippen LogP contribution >= 0.6 is 23.1 Å². The molecule has 2 aromatic heterocycles. The average Bonchev–Trinajstić information content (AvgIpc) is 3.23. The Kier molecular flexibility index (Phi) is 3.54. The van der Waals surface area contributed by atoms with Gasteiger partial charge >= 0.3 is 0 Å². The average molecular weight is 348 g/mol. The molecule has 1 atom stereocenters. The molecule has 1 unspecified atom stereocenters. The molecule has 0 bridgehead atoms. The minimum atomic E-state index is -0.0461. The van der Waals surface area contributed by atoms with Gasteiger partial charge < -0.3 is 9.88 Å². The topological polar surface area (TPSA) is 74.8 Å².